The molecule has 21 heavy (non-hydrogen) atoms. The molecule has 6 heteroatoms. The predicted molar refractivity (Wildman–Crippen MR) is 80.3 cm³/mol. The van der Waals surface area contributed by atoms with Gasteiger partial charge in [0.05, 0.1) is 0 Å². The minimum absolute atomic E-state index is 0.0939. The van der Waals surface area contributed by atoms with E-state index in [1.54, 1.807) is 0 Å². The summed E-state index contributed by atoms with van der Waals surface area (Å²) in [6, 6.07) is 5.66. The van der Waals surface area contributed by atoms with Crippen LogP contribution in [0.15, 0.2) is 29.1 Å². The smallest absolute Gasteiger partial charge is 0.251 e. The molecule has 0 aliphatic rings. The zero-order valence-electron chi connectivity index (χ0n) is 12.3. The van der Waals surface area contributed by atoms with Gasteiger partial charge >= 0.3 is 0 Å². The van der Waals surface area contributed by atoms with Gasteiger partial charge in [0.2, 0.25) is 6.39 Å². The summed E-state index contributed by atoms with van der Waals surface area (Å²) in [6.45, 7) is 5.52. The fourth-order valence-electron chi connectivity index (χ4n) is 1.96. The molecule has 0 spiro atoms. The molecule has 1 amide bonds. The Kier molecular flexibility index (Phi) is 5.31. The molecule has 0 unspecified atom stereocenters. The van der Waals surface area contributed by atoms with Crippen molar-refractivity contribution in [3.8, 4) is 0 Å². The van der Waals surface area contributed by atoms with Crippen molar-refractivity contribution in [1.29, 1.82) is 0 Å². The third-order valence-electron chi connectivity index (χ3n) is 3.10. The number of carbonyl (C=O) groups is 1. The van der Waals surface area contributed by atoms with Gasteiger partial charge in [-0.3, -0.25) is 4.79 Å². The molecule has 0 fully saturated rings. The van der Waals surface area contributed by atoms with Crippen molar-refractivity contribution < 1.29 is 9.32 Å². The zero-order chi connectivity index (χ0) is 15.1. The highest BCUT2D eigenvalue weighted by Crippen LogP contribution is 2.16. The van der Waals surface area contributed by atoms with Crippen molar-refractivity contribution in [1.82, 2.24) is 15.5 Å². The molecule has 0 aliphatic heterocycles. The van der Waals surface area contributed by atoms with Gasteiger partial charge in [0, 0.05) is 30.8 Å². The molecule has 0 bridgehead atoms. The number of aromatic nitrogens is 2. The first kappa shape index (κ1) is 15.0. The van der Waals surface area contributed by atoms with Crippen LogP contribution in [0.4, 0.5) is 5.69 Å². The van der Waals surface area contributed by atoms with Gasteiger partial charge in [0.1, 0.15) is 0 Å². The van der Waals surface area contributed by atoms with Gasteiger partial charge < -0.3 is 15.2 Å². The van der Waals surface area contributed by atoms with Crippen molar-refractivity contribution in [2.45, 2.75) is 26.7 Å². The zero-order valence-corrected chi connectivity index (χ0v) is 12.3. The van der Waals surface area contributed by atoms with E-state index in [0.29, 0.717) is 24.4 Å². The van der Waals surface area contributed by atoms with Gasteiger partial charge in [-0.1, -0.05) is 12.1 Å². The molecule has 1 aromatic carbocycles. The number of anilines is 1. The molecular weight excluding hydrogens is 268 g/mol. The molecule has 0 saturated carbocycles. The van der Waals surface area contributed by atoms with Crippen molar-refractivity contribution in [3.63, 3.8) is 0 Å². The summed E-state index contributed by atoms with van der Waals surface area (Å²) in [7, 11) is 0. The Morgan fingerprint density at radius 1 is 1.33 bits per heavy atom. The predicted octanol–water partition coefficient (Wildman–Crippen LogP) is 2.17. The maximum absolute atomic E-state index is 12.1. The first-order valence-corrected chi connectivity index (χ1v) is 7.08. The van der Waals surface area contributed by atoms with Gasteiger partial charge in [-0.2, -0.15) is 4.98 Å². The Balaban J connectivity index is 1.88. The van der Waals surface area contributed by atoms with Crippen molar-refractivity contribution in [2.75, 3.05) is 18.4 Å². The molecule has 0 atom stereocenters. The van der Waals surface area contributed by atoms with Crippen LogP contribution in [-0.2, 0) is 6.42 Å². The molecule has 0 saturated heterocycles. The second-order valence-electron chi connectivity index (χ2n) is 4.81. The van der Waals surface area contributed by atoms with Crippen molar-refractivity contribution in [3.05, 3.63) is 41.5 Å². The van der Waals surface area contributed by atoms with E-state index < -0.39 is 0 Å². The Hall–Kier alpha value is -2.37. The van der Waals surface area contributed by atoms with Crippen molar-refractivity contribution >= 4 is 11.6 Å². The molecule has 0 aliphatic carbocycles. The van der Waals surface area contributed by atoms with E-state index in [1.807, 2.05) is 25.1 Å². The van der Waals surface area contributed by atoms with E-state index in [2.05, 4.69) is 32.2 Å². The van der Waals surface area contributed by atoms with Crippen LogP contribution >= 0.6 is 0 Å². The Morgan fingerprint density at radius 2 is 2.19 bits per heavy atom. The van der Waals surface area contributed by atoms with E-state index in [4.69, 9.17) is 0 Å². The molecule has 112 valence electrons. The molecule has 6 nitrogen and oxygen atoms in total. The van der Waals surface area contributed by atoms with E-state index in [1.165, 1.54) is 6.39 Å². The largest absolute Gasteiger partial charge is 0.385 e. The molecule has 2 aromatic rings. The van der Waals surface area contributed by atoms with E-state index in [9.17, 15) is 4.79 Å². The monoisotopic (exact) mass is 288 g/mol. The number of aryl methyl sites for hydroxylation is 1. The minimum atomic E-state index is -0.0939. The van der Waals surface area contributed by atoms with Crippen LogP contribution in [0.5, 0.6) is 0 Å². The second kappa shape index (κ2) is 7.42. The second-order valence-corrected chi connectivity index (χ2v) is 4.81. The molecular formula is C15H20N4O2. The maximum atomic E-state index is 12.1. The highest BCUT2D eigenvalue weighted by atomic mass is 16.5. The SMILES string of the molecule is CCCNc1ccc(C(=O)NCCc2ncon2)cc1C. The Labute approximate surface area is 123 Å². The van der Waals surface area contributed by atoms with Gasteiger partial charge in [0.15, 0.2) is 5.82 Å². The lowest BCUT2D eigenvalue weighted by molar-refractivity contribution is 0.0954. The Morgan fingerprint density at radius 3 is 2.86 bits per heavy atom. The van der Waals surface area contributed by atoms with E-state index in [0.717, 1.165) is 24.2 Å². The van der Waals surface area contributed by atoms with Crippen LogP contribution < -0.4 is 10.6 Å². The van der Waals surface area contributed by atoms with Gasteiger partial charge in [-0.25, -0.2) is 0 Å². The van der Waals surface area contributed by atoms with Gasteiger partial charge in [0.25, 0.3) is 5.91 Å². The third kappa shape index (κ3) is 4.30. The summed E-state index contributed by atoms with van der Waals surface area (Å²) in [5.74, 6) is 0.495. The van der Waals surface area contributed by atoms with Crippen LogP contribution in [0, 0.1) is 6.92 Å². The fraction of sp³-hybridized carbons (Fsp3) is 0.400. The van der Waals surface area contributed by atoms with Gasteiger partial charge in [-0.05, 0) is 37.1 Å². The summed E-state index contributed by atoms with van der Waals surface area (Å²) in [4.78, 5) is 16.0. The number of amides is 1. The molecule has 0 radical (unpaired) electrons. The van der Waals surface area contributed by atoms with E-state index >= 15 is 0 Å². The maximum Gasteiger partial charge on any atom is 0.251 e. The van der Waals surface area contributed by atoms with Crippen LogP contribution in [0.2, 0.25) is 0 Å². The number of hydrogen-bond donors (Lipinski definition) is 2. The number of benzene rings is 1. The quantitative estimate of drug-likeness (QED) is 0.816. The van der Waals surface area contributed by atoms with Crippen LogP contribution in [0.25, 0.3) is 0 Å². The molecule has 2 N–H and O–H groups in total. The average Bonchev–Trinajstić information content (AvgIpc) is 2.99. The lowest BCUT2D eigenvalue weighted by Crippen LogP contribution is -2.26. The van der Waals surface area contributed by atoms with Crippen LogP contribution in [-0.4, -0.2) is 29.1 Å². The highest BCUT2D eigenvalue weighted by Gasteiger charge is 2.08. The number of rotatable bonds is 7. The summed E-state index contributed by atoms with van der Waals surface area (Å²) in [5.41, 5.74) is 2.79. The lowest BCUT2D eigenvalue weighted by Gasteiger charge is -2.10. The van der Waals surface area contributed by atoms with Crippen LogP contribution in [0.1, 0.15) is 35.1 Å². The summed E-state index contributed by atoms with van der Waals surface area (Å²) in [6.07, 6.45) is 2.90. The highest BCUT2D eigenvalue weighted by molar-refractivity contribution is 5.94. The first-order chi connectivity index (χ1) is 10.2. The molecule has 1 heterocycles. The minimum Gasteiger partial charge on any atom is -0.385 e. The lowest BCUT2D eigenvalue weighted by atomic mass is 10.1. The summed E-state index contributed by atoms with van der Waals surface area (Å²) >= 11 is 0. The molecule has 2 rings (SSSR count). The average molecular weight is 288 g/mol. The topological polar surface area (TPSA) is 80.0 Å². The normalized spacial score (nSPS) is 10.4. The molecule has 1 aromatic heterocycles. The third-order valence-corrected chi connectivity index (χ3v) is 3.10. The summed E-state index contributed by atoms with van der Waals surface area (Å²) < 4.78 is 4.64. The standard InChI is InChI=1S/C15H20N4O2/c1-3-7-16-13-5-4-12(9-11(13)2)15(20)17-8-6-14-18-10-21-19-14/h4-5,9-10,16H,3,6-8H2,1-2H3,(H,17,20). The summed E-state index contributed by atoms with van der Waals surface area (Å²) in [5, 5.41) is 9.87. The first-order valence-electron chi connectivity index (χ1n) is 7.08. The Bertz CT molecular complexity index is 581. The number of carbonyl (C=O) groups excluding carboxylic acids is 1. The van der Waals surface area contributed by atoms with Gasteiger partial charge in [-0.15, -0.1) is 0 Å². The van der Waals surface area contributed by atoms with E-state index in [-0.39, 0.29) is 5.91 Å². The number of nitrogens with one attached hydrogen (secondary N) is 2. The number of nitrogens with zero attached hydrogens (tertiary/aromatic N) is 2. The number of hydrogen-bond acceptors (Lipinski definition) is 5. The fourth-order valence-corrected chi connectivity index (χ4v) is 1.96. The van der Waals surface area contributed by atoms with Crippen molar-refractivity contribution in [2.24, 2.45) is 0 Å². The van der Waals surface area contributed by atoms with Crippen LogP contribution in [0.3, 0.4) is 0 Å².